The van der Waals surface area contributed by atoms with E-state index in [1.807, 2.05) is 12.1 Å². The third-order valence-electron chi connectivity index (χ3n) is 4.13. The van der Waals surface area contributed by atoms with Crippen LogP contribution in [-0.4, -0.2) is 30.3 Å². The van der Waals surface area contributed by atoms with Crippen LogP contribution < -0.4 is 10.2 Å². The molecule has 1 unspecified atom stereocenters. The Morgan fingerprint density at radius 2 is 2.24 bits per heavy atom. The van der Waals surface area contributed by atoms with E-state index in [0.717, 1.165) is 31.0 Å². The molecule has 1 aliphatic rings. The largest absolute Gasteiger partial charge is 0.396 e. The van der Waals surface area contributed by atoms with Gasteiger partial charge in [0.1, 0.15) is 0 Å². The summed E-state index contributed by atoms with van der Waals surface area (Å²) in [4.78, 5) is 2.45. The predicted octanol–water partition coefficient (Wildman–Crippen LogP) is 3.58. The van der Waals surface area contributed by atoms with E-state index in [2.05, 4.69) is 30.1 Å². The zero-order valence-corrected chi connectivity index (χ0v) is 13.9. The van der Waals surface area contributed by atoms with E-state index in [9.17, 15) is 0 Å². The lowest BCUT2D eigenvalue weighted by Gasteiger charge is -2.30. The van der Waals surface area contributed by atoms with Gasteiger partial charge in [0.05, 0.1) is 10.7 Å². The van der Waals surface area contributed by atoms with Crippen LogP contribution in [0.1, 0.15) is 45.1 Å². The van der Waals surface area contributed by atoms with Gasteiger partial charge in [-0.25, -0.2) is 0 Å². The van der Waals surface area contributed by atoms with Gasteiger partial charge in [-0.1, -0.05) is 37.6 Å². The molecule has 2 rings (SSSR count). The molecule has 21 heavy (non-hydrogen) atoms. The van der Waals surface area contributed by atoms with Crippen LogP contribution in [-0.2, 0) is 6.54 Å². The van der Waals surface area contributed by atoms with Crippen LogP contribution in [0.15, 0.2) is 18.2 Å². The van der Waals surface area contributed by atoms with E-state index in [1.54, 1.807) is 0 Å². The Morgan fingerprint density at radius 1 is 1.43 bits per heavy atom. The number of para-hydroxylation sites is 1. The highest BCUT2D eigenvalue weighted by Crippen LogP contribution is 2.36. The summed E-state index contributed by atoms with van der Waals surface area (Å²) in [6.45, 7) is 6.49. The Kier molecular flexibility index (Phi) is 6.34. The van der Waals surface area contributed by atoms with Gasteiger partial charge in [-0.2, -0.15) is 0 Å². The minimum absolute atomic E-state index is 0.272. The molecule has 1 saturated heterocycles. The highest BCUT2D eigenvalue weighted by atomic mass is 35.5. The molecule has 1 aliphatic heterocycles. The molecular weight excluding hydrogens is 284 g/mol. The van der Waals surface area contributed by atoms with Crippen LogP contribution in [0.3, 0.4) is 0 Å². The maximum atomic E-state index is 9.08. The van der Waals surface area contributed by atoms with Crippen LogP contribution in [0.2, 0.25) is 5.02 Å². The monoisotopic (exact) mass is 310 g/mol. The minimum atomic E-state index is 0.272. The molecule has 2 N–H and O–H groups in total. The number of benzene rings is 1. The number of halogens is 1. The van der Waals surface area contributed by atoms with E-state index in [0.29, 0.717) is 12.1 Å². The standard InChI is InChI=1S/C17H27ClN2O/c1-13(2)19-12-14-6-3-9-16(18)17(14)20-10-4-7-15(20)8-5-11-21/h3,6,9,13,15,19,21H,4-5,7-8,10-12H2,1-2H3. The molecule has 118 valence electrons. The van der Waals surface area contributed by atoms with Crippen LogP contribution >= 0.6 is 11.6 Å². The summed E-state index contributed by atoms with van der Waals surface area (Å²) in [7, 11) is 0. The first-order valence-corrected chi connectivity index (χ1v) is 8.39. The van der Waals surface area contributed by atoms with Gasteiger partial charge in [-0.3, -0.25) is 0 Å². The van der Waals surface area contributed by atoms with Gasteiger partial charge in [0, 0.05) is 31.8 Å². The molecule has 0 aliphatic carbocycles. The van der Waals surface area contributed by atoms with Crippen molar-refractivity contribution in [2.75, 3.05) is 18.1 Å². The van der Waals surface area contributed by atoms with E-state index < -0.39 is 0 Å². The average molecular weight is 311 g/mol. The normalized spacial score (nSPS) is 18.7. The summed E-state index contributed by atoms with van der Waals surface area (Å²) in [5.74, 6) is 0. The molecule has 1 fully saturated rings. The van der Waals surface area contributed by atoms with Gasteiger partial charge in [-0.15, -0.1) is 0 Å². The van der Waals surface area contributed by atoms with Crippen molar-refractivity contribution < 1.29 is 5.11 Å². The number of anilines is 1. The van der Waals surface area contributed by atoms with Crippen molar-refractivity contribution in [1.29, 1.82) is 0 Å². The van der Waals surface area contributed by atoms with E-state index in [4.69, 9.17) is 16.7 Å². The molecule has 0 spiro atoms. The second-order valence-electron chi connectivity index (χ2n) is 6.14. The quantitative estimate of drug-likeness (QED) is 0.808. The van der Waals surface area contributed by atoms with Crippen molar-refractivity contribution in [1.82, 2.24) is 5.32 Å². The molecule has 1 aromatic rings. The summed E-state index contributed by atoms with van der Waals surface area (Å²) in [6, 6.07) is 7.15. The zero-order valence-electron chi connectivity index (χ0n) is 13.1. The SMILES string of the molecule is CC(C)NCc1cccc(Cl)c1N1CCCC1CCCO. The number of aliphatic hydroxyl groups excluding tert-OH is 1. The first-order chi connectivity index (χ1) is 10.1. The number of hydrogen-bond donors (Lipinski definition) is 2. The molecule has 1 aromatic carbocycles. The smallest absolute Gasteiger partial charge is 0.0643 e. The first-order valence-electron chi connectivity index (χ1n) is 8.01. The molecule has 4 heteroatoms. The summed E-state index contributed by atoms with van der Waals surface area (Å²) in [5, 5.41) is 13.4. The van der Waals surface area contributed by atoms with Crippen molar-refractivity contribution >= 4 is 17.3 Å². The van der Waals surface area contributed by atoms with Crippen molar-refractivity contribution in [3.63, 3.8) is 0 Å². The summed E-state index contributed by atoms with van der Waals surface area (Å²) in [5.41, 5.74) is 2.46. The van der Waals surface area contributed by atoms with Gasteiger partial charge in [0.2, 0.25) is 0 Å². The molecule has 1 atom stereocenters. The van der Waals surface area contributed by atoms with Crippen LogP contribution in [0.5, 0.6) is 0 Å². The highest BCUT2D eigenvalue weighted by molar-refractivity contribution is 6.33. The first kappa shape index (κ1) is 16.6. The third kappa shape index (κ3) is 4.35. The number of aliphatic hydroxyl groups is 1. The lowest BCUT2D eigenvalue weighted by atomic mass is 10.1. The minimum Gasteiger partial charge on any atom is -0.396 e. The fourth-order valence-electron chi connectivity index (χ4n) is 3.10. The zero-order chi connectivity index (χ0) is 15.2. The number of hydrogen-bond acceptors (Lipinski definition) is 3. The maximum Gasteiger partial charge on any atom is 0.0643 e. The second kappa shape index (κ2) is 8.02. The molecule has 0 amide bonds. The maximum absolute atomic E-state index is 9.08. The Hall–Kier alpha value is -0.770. The Bertz CT molecular complexity index is 450. The van der Waals surface area contributed by atoms with Gasteiger partial charge >= 0.3 is 0 Å². The molecule has 0 saturated carbocycles. The fraction of sp³-hybridized carbons (Fsp3) is 0.647. The van der Waals surface area contributed by atoms with E-state index >= 15 is 0 Å². The summed E-state index contributed by atoms with van der Waals surface area (Å²) >= 11 is 6.51. The second-order valence-corrected chi connectivity index (χ2v) is 6.55. The van der Waals surface area contributed by atoms with Crippen molar-refractivity contribution in [3.05, 3.63) is 28.8 Å². The Morgan fingerprint density at radius 3 is 2.95 bits per heavy atom. The molecular formula is C17H27ClN2O. The van der Waals surface area contributed by atoms with Crippen molar-refractivity contribution in [2.24, 2.45) is 0 Å². The van der Waals surface area contributed by atoms with Crippen LogP contribution in [0.25, 0.3) is 0 Å². The molecule has 0 bridgehead atoms. The number of nitrogens with zero attached hydrogens (tertiary/aromatic N) is 1. The fourth-order valence-corrected chi connectivity index (χ4v) is 3.40. The number of rotatable bonds is 7. The van der Waals surface area contributed by atoms with Crippen molar-refractivity contribution in [2.45, 2.75) is 58.2 Å². The summed E-state index contributed by atoms with van der Waals surface area (Å²) in [6.07, 6.45) is 4.31. The van der Waals surface area contributed by atoms with Gasteiger partial charge < -0.3 is 15.3 Å². The molecule has 0 aromatic heterocycles. The molecule has 3 nitrogen and oxygen atoms in total. The lowest BCUT2D eigenvalue weighted by molar-refractivity contribution is 0.279. The van der Waals surface area contributed by atoms with Gasteiger partial charge in [-0.05, 0) is 37.3 Å². The molecule has 1 heterocycles. The van der Waals surface area contributed by atoms with Gasteiger partial charge in [0.25, 0.3) is 0 Å². The van der Waals surface area contributed by atoms with Crippen LogP contribution in [0.4, 0.5) is 5.69 Å². The Balaban J connectivity index is 2.20. The topological polar surface area (TPSA) is 35.5 Å². The van der Waals surface area contributed by atoms with Gasteiger partial charge in [0.15, 0.2) is 0 Å². The average Bonchev–Trinajstić information content (AvgIpc) is 2.90. The number of nitrogens with one attached hydrogen (secondary N) is 1. The highest BCUT2D eigenvalue weighted by Gasteiger charge is 2.27. The lowest BCUT2D eigenvalue weighted by Crippen LogP contribution is -2.31. The third-order valence-corrected chi connectivity index (χ3v) is 4.44. The predicted molar refractivity (Wildman–Crippen MR) is 90.1 cm³/mol. The molecule has 0 radical (unpaired) electrons. The van der Waals surface area contributed by atoms with E-state index in [1.165, 1.54) is 24.1 Å². The van der Waals surface area contributed by atoms with E-state index in [-0.39, 0.29) is 6.61 Å². The summed E-state index contributed by atoms with van der Waals surface area (Å²) < 4.78 is 0. The van der Waals surface area contributed by atoms with Crippen molar-refractivity contribution in [3.8, 4) is 0 Å². The Labute approximate surface area is 133 Å². The van der Waals surface area contributed by atoms with Crippen LogP contribution in [0, 0.1) is 0 Å².